The van der Waals surface area contributed by atoms with Crippen LogP contribution in [0.15, 0.2) is 29.0 Å². The molecule has 1 aromatic carbocycles. The third kappa shape index (κ3) is 3.67. The number of fused-ring (bicyclic) bond motifs is 1. The molecule has 3 heterocycles. The van der Waals surface area contributed by atoms with Gasteiger partial charge in [0.2, 0.25) is 5.91 Å². The van der Waals surface area contributed by atoms with Gasteiger partial charge in [-0.25, -0.2) is 4.98 Å². The Morgan fingerprint density at radius 3 is 2.93 bits per heavy atom. The smallest absolute Gasteiger partial charge is 0.263 e. The van der Waals surface area contributed by atoms with Crippen molar-refractivity contribution in [1.29, 1.82) is 0 Å². The molecule has 29 heavy (non-hydrogen) atoms. The largest absolute Gasteiger partial charge is 0.497 e. The number of hydrogen-bond acceptors (Lipinski definition) is 8. The molecular weight excluding hydrogens is 374 g/mol. The summed E-state index contributed by atoms with van der Waals surface area (Å²) >= 11 is 0. The van der Waals surface area contributed by atoms with Crippen molar-refractivity contribution in [2.45, 2.75) is 19.8 Å². The summed E-state index contributed by atoms with van der Waals surface area (Å²) in [4.78, 5) is 23.6. The fraction of sp³-hybridized carbons (Fsp3) is 0.400. The lowest BCUT2D eigenvalue weighted by atomic mass is 9.96. The molecule has 0 spiro atoms. The van der Waals surface area contributed by atoms with Crippen LogP contribution in [0.1, 0.15) is 18.5 Å². The second kappa shape index (κ2) is 7.94. The lowest BCUT2D eigenvalue weighted by Gasteiger charge is -2.33. The first-order valence-electron chi connectivity index (χ1n) is 9.45. The van der Waals surface area contributed by atoms with Crippen molar-refractivity contribution >= 4 is 28.5 Å². The number of nitrogens with one attached hydrogen (secondary N) is 1. The number of rotatable bonds is 5. The minimum atomic E-state index is -0.180. The molecule has 1 amide bonds. The van der Waals surface area contributed by atoms with Gasteiger partial charge < -0.3 is 24.2 Å². The van der Waals surface area contributed by atoms with Crippen LogP contribution in [0, 0.1) is 12.8 Å². The Morgan fingerprint density at radius 2 is 2.14 bits per heavy atom. The number of carbonyl (C=O) groups is 1. The maximum atomic E-state index is 13.0. The molecule has 1 saturated heterocycles. The molecule has 9 heteroatoms. The monoisotopic (exact) mass is 397 g/mol. The molecule has 0 saturated carbocycles. The molecule has 9 nitrogen and oxygen atoms in total. The highest BCUT2D eigenvalue weighted by Crippen LogP contribution is 2.32. The molecule has 4 rings (SSSR count). The molecule has 152 valence electrons. The second-order valence-electron chi connectivity index (χ2n) is 6.99. The van der Waals surface area contributed by atoms with Gasteiger partial charge in [-0.15, -0.1) is 0 Å². The van der Waals surface area contributed by atoms with Gasteiger partial charge in [0.05, 0.1) is 31.5 Å². The molecule has 0 radical (unpaired) electrons. The van der Waals surface area contributed by atoms with Crippen LogP contribution in [0.3, 0.4) is 0 Å². The summed E-state index contributed by atoms with van der Waals surface area (Å²) < 4.78 is 15.8. The van der Waals surface area contributed by atoms with Gasteiger partial charge in [0, 0.05) is 19.2 Å². The number of benzene rings is 1. The van der Waals surface area contributed by atoms with E-state index in [0.29, 0.717) is 29.4 Å². The van der Waals surface area contributed by atoms with Gasteiger partial charge in [-0.2, -0.15) is 4.98 Å². The summed E-state index contributed by atoms with van der Waals surface area (Å²) in [6, 6.07) is 5.32. The van der Waals surface area contributed by atoms with E-state index >= 15 is 0 Å². The van der Waals surface area contributed by atoms with Crippen LogP contribution in [-0.4, -0.2) is 48.3 Å². The normalized spacial score (nSPS) is 16.7. The Hall–Kier alpha value is -3.36. The fourth-order valence-corrected chi connectivity index (χ4v) is 3.66. The fourth-order valence-electron chi connectivity index (χ4n) is 3.66. The number of hydrogen-bond donors (Lipinski definition) is 1. The number of aromatic nitrogens is 3. The number of carbonyl (C=O) groups excluding carboxylic acids is 1. The zero-order chi connectivity index (χ0) is 20.4. The summed E-state index contributed by atoms with van der Waals surface area (Å²) in [5.41, 5.74) is 1.82. The Kier molecular flexibility index (Phi) is 5.20. The number of amides is 1. The minimum Gasteiger partial charge on any atom is -0.497 e. The van der Waals surface area contributed by atoms with E-state index in [2.05, 4.69) is 25.3 Å². The van der Waals surface area contributed by atoms with Gasteiger partial charge in [0.25, 0.3) is 5.71 Å². The molecule has 3 aromatic rings. The van der Waals surface area contributed by atoms with Crippen molar-refractivity contribution in [3.63, 3.8) is 0 Å². The lowest BCUT2D eigenvalue weighted by Crippen LogP contribution is -2.41. The van der Waals surface area contributed by atoms with Crippen molar-refractivity contribution in [3.8, 4) is 11.5 Å². The van der Waals surface area contributed by atoms with Crippen LogP contribution in [0.2, 0.25) is 0 Å². The van der Waals surface area contributed by atoms with Gasteiger partial charge in [0.1, 0.15) is 29.0 Å². The topological polar surface area (TPSA) is 103 Å². The van der Waals surface area contributed by atoms with Crippen LogP contribution in [0.25, 0.3) is 11.1 Å². The van der Waals surface area contributed by atoms with Crippen LogP contribution in [0.5, 0.6) is 11.5 Å². The first-order valence-corrected chi connectivity index (χ1v) is 9.45. The Balaban J connectivity index is 1.53. The zero-order valence-corrected chi connectivity index (χ0v) is 16.6. The first kappa shape index (κ1) is 19.0. The van der Waals surface area contributed by atoms with Crippen molar-refractivity contribution in [3.05, 3.63) is 30.2 Å². The Morgan fingerprint density at radius 1 is 1.28 bits per heavy atom. The first-order chi connectivity index (χ1) is 14.1. The number of piperidine rings is 1. The molecule has 2 aromatic heterocycles. The Bertz CT molecular complexity index is 1030. The summed E-state index contributed by atoms with van der Waals surface area (Å²) in [6.45, 7) is 3.23. The highest BCUT2D eigenvalue weighted by Gasteiger charge is 2.29. The van der Waals surface area contributed by atoms with E-state index in [0.717, 1.165) is 36.3 Å². The molecular formula is C20H23N5O4. The molecule has 1 fully saturated rings. The van der Waals surface area contributed by atoms with Crippen molar-refractivity contribution in [2.24, 2.45) is 5.92 Å². The van der Waals surface area contributed by atoms with Crippen LogP contribution < -0.4 is 19.7 Å². The summed E-state index contributed by atoms with van der Waals surface area (Å²) in [6.07, 6.45) is 3.15. The molecule has 1 aliphatic rings. The lowest BCUT2D eigenvalue weighted by molar-refractivity contribution is -0.120. The van der Waals surface area contributed by atoms with Gasteiger partial charge >= 0.3 is 0 Å². The molecule has 1 aliphatic heterocycles. The van der Waals surface area contributed by atoms with Gasteiger partial charge in [0.15, 0.2) is 0 Å². The SMILES string of the molecule is COc1ccc(NC(=O)[C@H]2CCCN(c3ncnc4onc(C)c34)C2)c(OC)c1. The standard InChI is InChI=1S/C20H23N5O4/c1-12-17-18(21-11-22-20(17)29-24-12)25-8-4-5-13(10-25)19(26)23-15-7-6-14(27-2)9-16(15)28-3/h6-7,9,11,13H,4-5,8,10H2,1-3H3,(H,23,26)/t13-/m0/s1. The van der Waals surface area contributed by atoms with Crippen molar-refractivity contribution in [1.82, 2.24) is 15.1 Å². The van der Waals surface area contributed by atoms with E-state index < -0.39 is 0 Å². The molecule has 0 aliphatic carbocycles. The summed E-state index contributed by atoms with van der Waals surface area (Å²) in [5.74, 6) is 1.75. The maximum Gasteiger partial charge on any atom is 0.263 e. The highest BCUT2D eigenvalue weighted by molar-refractivity contribution is 5.95. The van der Waals surface area contributed by atoms with Gasteiger partial charge in [-0.1, -0.05) is 5.16 Å². The third-order valence-corrected chi connectivity index (χ3v) is 5.18. The average molecular weight is 397 g/mol. The number of aryl methyl sites for hydroxylation is 1. The maximum absolute atomic E-state index is 13.0. The molecule has 0 unspecified atom stereocenters. The van der Waals surface area contributed by atoms with E-state index in [-0.39, 0.29) is 11.8 Å². The van der Waals surface area contributed by atoms with E-state index in [1.54, 1.807) is 32.4 Å². The molecule has 1 atom stereocenters. The van der Waals surface area contributed by atoms with E-state index in [4.69, 9.17) is 14.0 Å². The quantitative estimate of drug-likeness (QED) is 0.701. The van der Waals surface area contributed by atoms with Gasteiger partial charge in [-0.05, 0) is 31.9 Å². The van der Waals surface area contributed by atoms with Crippen molar-refractivity contribution < 1.29 is 18.8 Å². The predicted octanol–water partition coefficient (Wildman–Crippen LogP) is 2.80. The molecule has 0 bridgehead atoms. The summed E-state index contributed by atoms with van der Waals surface area (Å²) in [5, 5.41) is 7.77. The van der Waals surface area contributed by atoms with Crippen LogP contribution in [0.4, 0.5) is 11.5 Å². The van der Waals surface area contributed by atoms with Crippen molar-refractivity contribution in [2.75, 3.05) is 37.5 Å². The number of nitrogens with zero attached hydrogens (tertiary/aromatic N) is 4. The Labute approximate surface area is 168 Å². The average Bonchev–Trinajstić information content (AvgIpc) is 3.15. The van der Waals surface area contributed by atoms with Crippen LogP contribution >= 0.6 is 0 Å². The number of methoxy groups -OCH3 is 2. The number of anilines is 2. The second-order valence-corrected chi connectivity index (χ2v) is 6.99. The van der Waals surface area contributed by atoms with Gasteiger partial charge in [-0.3, -0.25) is 4.79 Å². The molecule has 1 N–H and O–H groups in total. The third-order valence-electron chi connectivity index (χ3n) is 5.18. The highest BCUT2D eigenvalue weighted by atomic mass is 16.5. The predicted molar refractivity (Wildman–Crippen MR) is 107 cm³/mol. The number of ether oxygens (including phenoxy) is 2. The van der Waals surface area contributed by atoms with E-state index in [9.17, 15) is 4.79 Å². The van der Waals surface area contributed by atoms with E-state index in [1.165, 1.54) is 6.33 Å². The van der Waals surface area contributed by atoms with Crippen LogP contribution in [-0.2, 0) is 4.79 Å². The van der Waals surface area contributed by atoms with E-state index in [1.807, 2.05) is 6.92 Å². The summed E-state index contributed by atoms with van der Waals surface area (Å²) in [7, 11) is 3.15. The minimum absolute atomic E-state index is 0.0505. The zero-order valence-electron chi connectivity index (χ0n) is 16.6.